The number of sulfonamides is 1. The van der Waals surface area contributed by atoms with E-state index in [1.54, 1.807) is 12.1 Å². The van der Waals surface area contributed by atoms with E-state index in [1.165, 1.54) is 17.7 Å². The first kappa shape index (κ1) is 15.3. The van der Waals surface area contributed by atoms with Gasteiger partial charge < -0.3 is 0 Å². The Balaban J connectivity index is 2.12. The molecule has 5 nitrogen and oxygen atoms in total. The zero-order chi connectivity index (χ0) is 15.5. The first-order valence-corrected chi connectivity index (χ1v) is 8.01. The van der Waals surface area contributed by atoms with E-state index in [0.717, 1.165) is 5.56 Å². The smallest absolute Gasteiger partial charge is 0.225 e. The Morgan fingerprint density at radius 2 is 1.57 bits per heavy atom. The first-order valence-electron chi connectivity index (χ1n) is 6.46. The number of azo groups is 1. The Morgan fingerprint density at radius 1 is 1.00 bits per heavy atom. The molecule has 0 aliphatic carbocycles. The third kappa shape index (κ3) is 4.21. The van der Waals surface area contributed by atoms with Crippen LogP contribution in [0.2, 0.25) is 0 Å². The van der Waals surface area contributed by atoms with Crippen LogP contribution in [-0.4, -0.2) is 8.42 Å². The van der Waals surface area contributed by atoms with Crippen LogP contribution in [0.15, 0.2) is 63.7 Å². The molecule has 2 rings (SSSR count). The standard InChI is InChI=1S/C15H17N3O2S/c1-11-3-5-13(6-4-11)12(2)17-18-14-7-9-15(10-8-14)21(16,19)20/h3-10,12H,1-2H3,(H2,16,19,20). The van der Waals surface area contributed by atoms with Gasteiger partial charge in [-0.2, -0.15) is 10.2 Å². The summed E-state index contributed by atoms with van der Waals surface area (Å²) in [4.78, 5) is 0.0630. The van der Waals surface area contributed by atoms with Gasteiger partial charge in [0.2, 0.25) is 10.0 Å². The molecule has 2 N–H and O–H groups in total. The van der Waals surface area contributed by atoms with E-state index in [9.17, 15) is 8.42 Å². The van der Waals surface area contributed by atoms with E-state index >= 15 is 0 Å². The Bertz CT molecular complexity index is 735. The monoisotopic (exact) mass is 303 g/mol. The van der Waals surface area contributed by atoms with Gasteiger partial charge in [0.1, 0.15) is 0 Å². The van der Waals surface area contributed by atoms with Crippen molar-refractivity contribution in [2.45, 2.75) is 24.8 Å². The minimum Gasteiger partial charge on any atom is -0.225 e. The van der Waals surface area contributed by atoms with Crippen molar-refractivity contribution in [3.05, 3.63) is 59.7 Å². The molecule has 0 aliphatic rings. The van der Waals surface area contributed by atoms with Crippen molar-refractivity contribution in [2.24, 2.45) is 15.4 Å². The molecule has 1 unspecified atom stereocenters. The summed E-state index contributed by atoms with van der Waals surface area (Å²) in [5, 5.41) is 13.4. The largest absolute Gasteiger partial charge is 0.238 e. The number of hydrogen-bond acceptors (Lipinski definition) is 4. The maximum absolute atomic E-state index is 11.1. The van der Waals surface area contributed by atoms with Gasteiger partial charge in [0.25, 0.3) is 0 Å². The average molecular weight is 303 g/mol. The van der Waals surface area contributed by atoms with Gasteiger partial charge in [-0.3, -0.25) is 0 Å². The highest BCUT2D eigenvalue weighted by atomic mass is 32.2. The van der Waals surface area contributed by atoms with Crippen LogP contribution < -0.4 is 5.14 Å². The molecular weight excluding hydrogens is 286 g/mol. The van der Waals surface area contributed by atoms with Gasteiger partial charge in [-0.05, 0) is 43.7 Å². The lowest BCUT2D eigenvalue weighted by molar-refractivity contribution is 0.598. The maximum atomic E-state index is 11.1. The molecule has 0 aliphatic heterocycles. The molecule has 2 aromatic carbocycles. The Morgan fingerprint density at radius 3 is 2.10 bits per heavy atom. The molecule has 0 aromatic heterocycles. The van der Waals surface area contributed by atoms with Crippen LogP contribution in [0.1, 0.15) is 24.1 Å². The summed E-state index contributed by atoms with van der Waals surface area (Å²) in [5.41, 5.74) is 2.85. The number of primary sulfonamides is 1. The summed E-state index contributed by atoms with van der Waals surface area (Å²) in [5.74, 6) is 0. The van der Waals surface area contributed by atoms with Crippen molar-refractivity contribution in [3.8, 4) is 0 Å². The lowest BCUT2D eigenvalue weighted by Gasteiger charge is -2.05. The van der Waals surface area contributed by atoms with E-state index in [-0.39, 0.29) is 10.9 Å². The van der Waals surface area contributed by atoms with Crippen molar-refractivity contribution < 1.29 is 8.42 Å². The van der Waals surface area contributed by atoms with Crippen LogP contribution in [0.5, 0.6) is 0 Å². The molecule has 1 atom stereocenters. The Labute approximate surface area is 124 Å². The molecule has 0 amide bonds. The third-order valence-electron chi connectivity index (χ3n) is 3.07. The molecule has 6 heteroatoms. The van der Waals surface area contributed by atoms with Gasteiger partial charge in [-0.25, -0.2) is 13.6 Å². The number of aryl methyl sites for hydroxylation is 1. The fourth-order valence-corrected chi connectivity index (χ4v) is 2.28. The second-order valence-corrected chi connectivity index (χ2v) is 6.40. The van der Waals surface area contributed by atoms with Gasteiger partial charge in [0.15, 0.2) is 0 Å². The minimum atomic E-state index is -3.67. The third-order valence-corrected chi connectivity index (χ3v) is 4.00. The predicted molar refractivity (Wildman–Crippen MR) is 81.9 cm³/mol. The summed E-state index contributed by atoms with van der Waals surface area (Å²) in [6.45, 7) is 3.98. The number of rotatable bonds is 4. The highest BCUT2D eigenvalue weighted by Crippen LogP contribution is 2.21. The summed E-state index contributed by atoms with van der Waals surface area (Å²) >= 11 is 0. The molecule has 0 spiro atoms. The van der Waals surface area contributed by atoms with Crippen LogP contribution >= 0.6 is 0 Å². The Hall–Kier alpha value is -2.05. The summed E-state index contributed by atoms with van der Waals surface area (Å²) in [6, 6.07) is 14.0. The normalized spacial score (nSPS) is 13.5. The summed E-state index contributed by atoms with van der Waals surface area (Å²) < 4.78 is 22.3. The van der Waals surface area contributed by atoms with Crippen LogP contribution in [-0.2, 0) is 10.0 Å². The molecule has 21 heavy (non-hydrogen) atoms. The van der Waals surface area contributed by atoms with E-state index in [1.807, 2.05) is 38.1 Å². The zero-order valence-electron chi connectivity index (χ0n) is 11.9. The maximum Gasteiger partial charge on any atom is 0.238 e. The number of nitrogens with two attached hydrogens (primary N) is 1. The van der Waals surface area contributed by atoms with Crippen molar-refractivity contribution in [1.82, 2.24) is 0 Å². The lowest BCUT2D eigenvalue weighted by Crippen LogP contribution is -2.11. The van der Waals surface area contributed by atoms with Gasteiger partial charge >= 0.3 is 0 Å². The predicted octanol–water partition coefficient (Wildman–Crippen LogP) is 3.49. The van der Waals surface area contributed by atoms with Crippen LogP contribution in [0.25, 0.3) is 0 Å². The van der Waals surface area contributed by atoms with E-state index in [4.69, 9.17) is 5.14 Å². The highest BCUT2D eigenvalue weighted by molar-refractivity contribution is 7.89. The second-order valence-electron chi connectivity index (χ2n) is 4.84. The molecule has 0 heterocycles. The number of nitrogens with zero attached hydrogens (tertiary/aromatic N) is 2. The molecule has 0 bridgehead atoms. The lowest BCUT2D eigenvalue weighted by atomic mass is 10.1. The van der Waals surface area contributed by atoms with E-state index in [2.05, 4.69) is 10.2 Å². The molecule has 0 fully saturated rings. The SMILES string of the molecule is Cc1ccc(C(C)N=Nc2ccc(S(N)(=O)=O)cc2)cc1. The summed E-state index contributed by atoms with van der Waals surface area (Å²) in [7, 11) is -3.67. The van der Waals surface area contributed by atoms with Crippen molar-refractivity contribution >= 4 is 15.7 Å². The molecule has 0 radical (unpaired) electrons. The fourth-order valence-electron chi connectivity index (χ4n) is 1.77. The summed E-state index contributed by atoms with van der Waals surface area (Å²) in [6.07, 6.45) is 0. The Kier molecular flexibility index (Phi) is 4.50. The van der Waals surface area contributed by atoms with Gasteiger partial charge in [0.05, 0.1) is 16.6 Å². The fraction of sp³-hybridized carbons (Fsp3) is 0.200. The highest BCUT2D eigenvalue weighted by Gasteiger charge is 2.07. The van der Waals surface area contributed by atoms with E-state index in [0.29, 0.717) is 5.69 Å². The molecular formula is C15H17N3O2S. The van der Waals surface area contributed by atoms with Crippen LogP contribution in [0.3, 0.4) is 0 Å². The van der Waals surface area contributed by atoms with Crippen molar-refractivity contribution in [1.29, 1.82) is 0 Å². The first-order chi connectivity index (χ1) is 9.86. The van der Waals surface area contributed by atoms with Gasteiger partial charge in [-0.1, -0.05) is 29.8 Å². The quantitative estimate of drug-likeness (QED) is 0.877. The van der Waals surface area contributed by atoms with Crippen LogP contribution in [0, 0.1) is 6.92 Å². The zero-order valence-corrected chi connectivity index (χ0v) is 12.7. The van der Waals surface area contributed by atoms with Crippen molar-refractivity contribution in [2.75, 3.05) is 0 Å². The number of hydrogen-bond donors (Lipinski definition) is 1. The minimum absolute atomic E-state index is 0.0630. The molecule has 110 valence electrons. The molecule has 0 saturated carbocycles. The molecule has 0 saturated heterocycles. The van der Waals surface area contributed by atoms with Gasteiger partial charge in [0, 0.05) is 0 Å². The second kappa shape index (κ2) is 6.15. The van der Waals surface area contributed by atoms with Crippen molar-refractivity contribution in [3.63, 3.8) is 0 Å². The molecule has 2 aromatic rings. The average Bonchev–Trinajstić information content (AvgIpc) is 2.45. The number of benzene rings is 2. The van der Waals surface area contributed by atoms with Gasteiger partial charge in [-0.15, -0.1) is 0 Å². The topological polar surface area (TPSA) is 84.9 Å². The van der Waals surface area contributed by atoms with Crippen LogP contribution in [0.4, 0.5) is 5.69 Å². The van der Waals surface area contributed by atoms with E-state index < -0.39 is 10.0 Å².